The van der Waals surface area contributed by atoms with E-state index in [4.69, 9.17) is 0 Å². The van der Waals surface area contributed by atoms with Crippen molar-refractivity contribution in [3.8, 4) is 0 Å². The molecule has 3 rings (SSSR count). The van der Waals surface area contributed by atoms with Gasteiger partial charge in [-0.05, 0) is 29.6 Å². The minimum Gasteiger partial charge on any atom is -0.278 e. The number of nitrogens with zero attached hydrogens (tertiary/aromatic N) is 1. The number of sulfone groups is 1. The first-order chi connectivity index (χ1) is 9.38. The monoisotopic (exact) mass is 325 g/mol. The highest BCUT2D eigenvalue weighted by molar-refractivity contribution is 8.01. The third kappa shape index (κ3) is 2.15. The van der Waals surface area contributed by atoms with Crippen molar-refractivity contribution in [2.45, 2.75) is 20.9 Å². The summed E-state index contributed by atoms with van der Waals surface area (Å²) in [6, 6.07) is 6.79. The summed E-state index contributed by atoms with van der Waals surface area (Å²) in [4.78, 5) is 14.6. The zero-order valence-electron chi connectivity index (χ0n) is 10.8. The van der Waals surface area contributed by atoms with E-state index in [-0.39, 0.29) is 10.8 Å². The highest BCUT2D eigenvalue weighted by atomic mass is 32.2. The number of hydrogen-bond acceptors (Lipinski definition) is 5. The van der Waals surface area contributed by atoms with Gasteiger partial charge in [-0.2, -0.15) is 0 Å². The van der Waals surface area contributed by atoms with Gasteiger partial charge in [0.2, 0.25) is 5.91 Å². The quantitative estimate of drug-likeness (QED) is 0.807. The number of amides is 1. The van der Waals surface area contributed by atoms with Crippen LogP contribution in [0.3, 0.4) is 0 Å². The van der Waals surface area contributed by atoms with Crippen LogP contribution >= 0.6 is 23.1 Å². The molecule has 0 saturated heterocycles. The van der Waals surface area contributed by atoms with Crippen LogP contribution < -0.4 is 4.90 Å². The van der Waals surface area contributed by atoms with Crippen molar-refractivity contribution < 1.29 is 13.2 Å². The molecule has 0 radical (unpaired) electrons. The summed E-state index contributed by atoms with van der Waals surface area (Å²) in [5.74, 6) is -0.128. The smallest absolute Gasteiger partial charge is 0.228 e. The molecule has 0 saturated carbocycles. The molecule has 4 nitrogen and oxygen atoms in total. The Bertz CT molecular complexity index is 808. The maximum absolute atomic E-state index is 12.0. The summed E-state index contributed by atoms with van der Waals surface area (Å²) >= 11 is 3.13. The number of anilines is 2. The number of hydrogen-bond donors (Lipinski definition) is 0. The molecular formula is C13H11NO3S3. The second-order valence-electron chi connectivity index (χ2n) is 4.45. The lowest BCUT2D eigenvalue weighted by atomic mass is 10.2. The Kier molecular flexibility index (Phi) is 3.15. The summed E-state index contributed by atoms with van der Waals surface area (Å²) in [5, 5.41) is 1.93. The standard InChI is InChI=1S/C13H11NO3S3/c1-8(15)14-10-5-6-18-13(10)19-12-4-3-9(7-11(12)14)20(2,16)17/h3-7H,1-2H3. The molecule has 1 amide bonds. The van der Waals surface area contributed by atoms with E-state index in [2.05, 4.69) is 0 Å². The lowest BCUT2D eigenvalue weighted by Crippen LogP contribution is -2.25. The van der Waals surface area contributed by atoms with Crippen molar-refractivity contribution in [3.63, 3.8) is 0 Å². The lowest BCUT2D eigenvalue weighted by molar-refractivity contribution is -0.115. The molecule has 1 aliphatic heterocycles. The van der Waals surface area contributed by atoms with E-state index in [9.17, 15) is 13.2 Å². The molecule has 2 aromatic rings. The molecule has 0 fully saturated rings. The molecular weight excluding hydrogens is 314 g/mol. The van der Waals surface area contributed by atoms with E-state index in [0.717, 1.165) is 14.8 Å². The summed E-state index contributed by atoms with van der Waals surface area (Å²) in [6.45, 7) is 1.48. The van der Waals surface area contributed by atoms with Crippen molar-refractivity contribution >= 4 is 50.2 Å². The first-order valence-electron chi connectivity index (χ1n) is 5.78. The summed E-state index contributed by atoms with van der Waals surface area (Å²) in [5.41, 5.74) is 1.46. The van der Waals surface area contributed by atoms with Gasteiger partial charge in [0, 0.05) is 18.1 Å². The van der Waals surface area contributed by atoms with Gasteiger partial charge in [-0.3, -0.25) is 9.69 Å². The Morgan fingerprint density at radius 2 is 1.95 bits per heavy atom. The number of rotatable bonds is 1. The molecule has 7 heteroatoms. The fraction of sp³-hybridized carbons (Fsp3) is 0.154. The van der Waals surface area contributed by atoms with Crippen LogP contribution in [-0.2, 0) is 14.6 Å². The third-order valence-corrected chi connectivity index (χ3v) is 6.27. The Morgan fingerprint density at radius 1 is 1.20 bits per heavy atom. The van der Waals surface area contributed by atoms with Crippen LogP contribution in [-0.4, -0.2) is 20.6 Å². The molecule has 0 unspecified atom stereocenters. The third-order valence-electron chi connectivity index (χ3n) is 2.97. The molecule has 1 aromatic carbocycles. The van der Waals surface area contributed by atoms with Crippen molar-refractivity contribution in [1.82, 2.24) is 0 Å². The zero-order valence-corrected chi connectivity index (χ0v) is 13.2. The van der Waals surface area contributed by atoms with Gasteiger partial charge in [0.05, 0.1) is 20.5 Å². The van der Waals surface area contributed by atoms with E-state index in [1.807, 2.05) is 11.4 Å². The highest BCUT2D eigenvalue weighted by Gasteiger charge is 2.28. The van der Waals surface area contributed by atoms with E-state index in [1.54, 1.807) is 46.2 Å². The fourth-order valence-corrected chi connectivity index (χ4v) is 4.81. The number of carbonyl (C=O) groups is 1. The second-order valence-corrected chi connectivity index (χ2v) is 8.69. The van der Waals surface area contributed by atoms with Crippen molar-refractivity contribution in [2.24, 2.45) is 0 Å². The van der Waals surface area contributed by atoms with Gasteiger partial charge in [0.15, 0.2) is 9.84 Å². The molecule has 104 valence electrons. The number of thiophene rings is 1. The largest absolute Gasteiger partial charge is 0.278 e. The first kappa shape index (κ1) is 13.7. The van der Waals surface area contributed by atoms with E-state index in [0.29, 0.717) is 5.69 Å². The summed E-state index contributed by atoms with van der Waals surface area (Å²) in [6.07, 6.45) is 1.17. The fourth-order valence-electron chi connectivity index (χ4n) is 2.09. The Labute approximate surface area is 125 Å². The number of benzene rings is 1. The van der Waals surface area contributed by atoms with Gasteiger partial charge in [-0.1, -0.05) is 11.8 Å². The van der Waals surface area contributed by atoms with Crippen molar-refractivity contribution in [3.05, 3.63) is 29.6 Å². The molecule has 2 heterocycles. The van der Waals surface area contributed by atoms with Crippen LogP contribution in [0.1, 0.15) is 6.92 Å². The van der Waals surface area contributed by atoms with Gasteiger partial charge in [0.25, 0.3) is 0 Å². The normalized spacial score (nSPS) is 13.8. The topological polar surface area (TPSA) is 54.5 Å². The van der Waals surface area contributed by atoms with Gasteiger partial charge in [-0.15, -0.1) is 11.3 Å². The molecule has 0 atom stereocenters. The van der Waals surface area contributed by atoms with Crippen molar-refractivity contribution in [2.75, 3.05) is 11.2 Å². The first-order valence-corrected chi connectivity index (χ1v) is 9.37. The summed E-state index contributed by atoms with van der Waals surface area (Å²) < 4.78 is 24.4. The van der Waals surface area contributed by atoms with Crippen molar-refractivity contribution in [1.29, 1.82) is 0 Å². The Balaban J connectivity index is 2.23. The van der Waals surface area contributed by atoms with E-state index < -0.39 is 9.84 Å². The van der Waals surface area contributed by atoms with Gasteiger partial charge in [-0.25, -0.2) is 8.42 Å². The van der Waals surface area contributed by atoms with Crippen LogP contribution in [0.4, 0.5) is 11.4 Å². The Morgan fingerprint density at radius 3 is 2.60 bits per heavy atom. The molecule has 0 aliphatic carbocycles. The van der Waals surface area contributed by atoms with E-state index >= 15 is 0 Å². The molecule has 0 N–H and O–H groups in total. The van der Waals surface area contributed by atoms with E-state index in [1.165, 1.54) is 13.2 Å². The van der Waals surface area contributed by atoms with Gasteiger partial charge >= 0.3 is 0 Å². The van der Waals surface area contributed by atoms with Gasteiger partial charge in [0.1, 0.15) is 0 Å². The number of fused-ring (bicyclic) bond motifs is 2. The molecule has 0 spiro atoms. The maximum atomic E-state index is 12.0. The predicted molar refractivity (Wildman–Crippen MR) is 80.8 cm³/mol. The average Bonchev–Trinajstić information content (AvgIpc) is 2.80. The van der Waals surface area contributed by atoms with Crippen LogP contribution in [0.25, 0.3) is 0 Å². The highest BCUT2D eigenvalue weighted by Crippen LogP contribution is 2.51. The van der Waals surface area contributed by atoms with Crippen LogP contribution in [0, 0.1) is 0 Å². The van der Waals surface area contributed by atoms with Crippen LogP contribution in [0.15, 0.2) is 43.6 Å². The molecule has 1 aliphatic rings. The SMILES string of the molecule is CC(=O)N1c2cc(S(C)(=O)=O)ccc2Sc2sccc21. The second kappa shape index (κ2) is 4.61. The minimum atomic E-state index is -3.29. The maximum Gasteiger partial charge on any atom is 0.228 e. The van der Waals surface area contributed by atoms with Gasteiger partial charge < -0.3 is 0 Å². The average molecular weight is 325 g/mol. The molecule has 0 bridgehead atoms. The predicted octanol–water partition coefficient (Wildman–Crippen LogP) is 3.30. The minimum absolute atomic E-state index is 0.128. The Hall–Kier alpha value is -1.31. The van der Waals surface area contributed by atoms with Crippen LogP contribution in [0.2, 0.25) is 0 Å². The number of carbonyl (C=O) groups excluding carboxylic acids is 1. The zero-order chi connectivity index (χ0) is 14.5. The molecule has 1 aromatic heterocycles. The lowest BCUT2D eigenvalue weighted by Gasteiger charge is -2.28. The summed E-state index contributed by atoms with van der Waals surface area (Å²) in [7, 11) is -3.29. The van der Waals surface area contributed by atoms with Crippen LogP contribution in [0.5, 0.6) is 0 Å². The molecule has 20 heavy (non-hydrogen) atoms.